The molecule has 1 nitrogen and oxygen atoms in total. The van der Waals surface area contributed by atoms with Crippen molar-refractivity contribution in [2.75, 3.05) is 0 Å². The van der Waals surface area contributed by atoms with Gasteiger partial charge in [0.2, 0.25) is 0 Å². The number of aryl methyl sites for hydroxylation is 2. The van der Waals surface area contributed by atoms with Gasteiger partial charge in [0.25, 0.3) is 0 Å². The van der Waals surface area contributed by atoms with E-state index in [2.05, 4.69) is 38.5 Å². The fourth-order valence-electron chi connectivity index (χ4n) is 2.14. The quantitative estimate of drug-likeness (QED) is 0.669. The molecule has 1 heteroatoms. The summed E-state index contributed by atoms with van der Waals surface area (Å²) in [6, 6.07) is 0. The van der Waals surface area contributed by atoms with E-state index in [1.54, 1.807) is 16.8 Å². The summed E-state index contributed by atoms with van der Waals surface area (Å²) in [6.45, 7) is 10.1. The molecule has 0 N–H and O–H groups in total. The Morgan fingerprint density at radius 3 is 2.08 bits per heavy atom. The summed E-state index contributed by atoms with van der Waals surface area (Å²) < 4.78 is 2.40. The van der Waals surface area contributed by atoms with E-state index in [0.29, 0.717) is 0 Å². The van der Waals surface area contributed by atoms with E-state index >= 15 is 0 Å². The van der Waals surface area contributed by atoms with Gasteiger partial charge in [0, 0.05) is 18.4 Å². The number of nitrogens with zero attached hydrogens (tertiary/aromatic N) is 1. The van der Waals surface area contributed by atoms with E-state index in [1.807, 2.05) is 0 Å². The molecule has 1 rings (SSSR count). The first-order valence-electron chi connectivity index (χ1n) is 5.48. The van der Waals surface area contributed by atoms with E-state index in [0.717, 1.165) is 13.0 Å². The van der Waals surface area contributed by atoms with Crippen molar-refractivity contribution in [2.24, 2.45) is 0 Å². The molecule has 0 saturated heterocycles. The zero-order valence-electron chi connectivity index (χ0n) is 9.35. The summed E-state index contributed by atoms with van der Waals surface area (Å²) in [4.78, 5) is 0. The van der Waals surface area contributed by atoms with Crippen LogP contribution in [0.4, 0.5) is 0 Å². The molecule has 1 heterocycles. The molecule has 0 aliphatic rings. The third-order valence-electron chi connectivity index (χ3n) is 2.80. The largest absolute Gasteiger partial charge is 0.351 e. The van der Waals surface area contributed by atoms with Gasteiger partial charge in [-0.1, -0.05) is 20.8 Å². The highest BCUT2D eigenvalue weighted by molar-refractivity contribution is 5.32. The Balaban J connectivity index is 3.17. The molecule has 1 aromatic rings. The van der Waals surface area contributed by atoms with Crippen molar-refractivity contribution in [3.63, 3.8) is 0 Å². The minimum Gasteiger partial charge on any atom is -0.351 e. The molecular formula is C12H21N. The lowest BCUT2D eigenvalue weighted by molar-refractivity contribution is 0.714. The van der Waals surface area contributed by atoms with Gasteiger partial charge in [-0.25, -0.2) is 0 Å². The molecule has 0 atom stereocenters. The molecule has 0 radical (unpaired) electrons. The zero-order chi connectivity index (χ0) is 9.84. The summed E-state index contributed by atoms with van der Waals surface area (Å²) in [7, 11) is 0. The molecule has 13 heavy (non-hydrogen) atoms. The number of aromatic nitrogens is 1. The molecule has 0 aliphatic heterocycles. The van der Waals surface area contributed by atoms with Crippen LogP contribution >= 0.6 is 0 Å². The van der Waals surface area contributed by atoms with Gasteiger partial charge in [-0.2, -0.15) is 0 Å². The topological polar surface area (TPSA) is 4.93 Å². The van der Waals surface area contributed by atoms with Gasteiger partial charge in [-0.15, -0.1) is 0 Å². The van der Waals surface area contributed by atoms with Crippen molar-refractivity contribution in [2.45, 2.75) is 53.5 Å². The molecular weight excluding hydrogens is 158 g/mol. The Hall–Kier alpha value is -0.720. The zero-order valence-corrected chi connectivity index (χ0v) is 9.35. The first-order valence-corrected chi connectivity index (χ1v) is 5.48. The second-order valence-corrected chi connectivity index (χ2v) is 3.43. The lowest BCUT2D eigenvalue weighted by Gasteiger charge is -2.05. The van der Waals surface area contributed by atoms with Crippen molar-refractivity contribution in [1.82, 2.24) is 4.57 Å². The molecule has 0 aromatic carbocycles. The summed E-state index contributed by atoms with van der Waals surface area (Å²) >= 11 is 0. The van der Waals surface area contributed by atoms with Crippen molar-refractivity contribution in [3.05, 3.63) is 23.0 Å². The molecule has 0 saturated carbocycles. The average molecular weight is 179 g/mol. The van der Waals surface area contributed by atoms with Crippen molar-refractivity contribution < 1.29 is 0 Å². The normalized spacial score (nSPS) is 10.8. The van der Waals surface area contributed by atoms with E-state index in [-0.39, 0.29) is 0 Å². The van der Waals surface area contributed by atoms with E-state index in [1.165, 1.54) is 12.8 Å². The Kier molecular flexibility index (Phi) is 3.58. The van der Waals surface area contributed by atoms with Crippen LogP contribution in [0.5, 0.6) is 0 Å². The van der Waals surface area contributed by atoms with Gasteiger partial charge in [-0.3, -0.25) is 0 Å². The molecule has 74 valence electrons. The third-order valence-corrected chi connectivity index (χ3v) is 2.80. The fraction of sp³-hybridized carbons (Fsp3) is 0.667. The van der Waals surface area contributed by atoms with Crippen molar-refractivity contribution >= 4 is 0 Å². The molecule has 0 fully saturated rings. The van der Waals surface area contributed by atoms with Crippen LogP contribution in [0.25, 0.3) is 0 Å². The number of hydrogen-bond donors (Lipinski definition) is 0. The van der Waals surface area contributed by atoms with E-state index in [4.69, 9.17) is 0 Å². The first kappa shape index (κ1) is 10.4. The predicted octanol–water partition coefficient (Wildman–Crippen LogP) is 3.20. The van der Waals surface area contributed by atoms with Gasteiger partial charge in [0.05, 0.1) is 0 Å². The maximum atomic E-state index is 2.40. The van der Waals surface area contributed by atoms with Crippen LogP contribution < -0.4 is 0 Å². The lowest BCUT2D eigenvalue weighted by Crippen LogP contribution is -1.99. The fourth-order valence-corrected chi connectivity index (χ4v) is 2.14. The Labute approximate surface area is 81.8 Å². The molecule has 0 spiro atoms. The van der Waals surface area contributed by atoms with Crippen molar-refractivity contribution in [3.8, 4) is 0 Å². The predicted molar refractivity (Wildman–Crippen MR) is 58.2 cm³/mol. The highest BCUT2D eigenvalue weighted by atomic mass is 15.0. The average Bonchev–Trinajstić information content (AvgIpc) is 2.54. The van der Waals surface area contributed by atoms with Crippen LogP contribution in [0.15, 0.2) is 6.20 Å². The van der Waals surface area contributed by atoms with E-state index in [9.17, 15) is 0 Å². The highest BCUT2D eigenvalue weighted by Crippen LogP contribution is 2.19. The third kappa shape index (κ3) is 1.79. The standard InChI is InChI=1S/C12H21N/c1-5-10-9-13(8-4)12(7-3)11(10)6-2/h9H,5-8H2,1-4H3. The minimum absolute atomic E-state index is 1.11. The Morgan fingerprint density at radius 1 is 1.00 bits per heavy atom. The second-order valence-electron chi connectivity index (χ2n) is 3.43. The SMILES string of the molecule is CCc1cn(CC)c(CC)c1CC. The van der Waals surface area contributed by atoms with Crippen LogP contribution in [-0.2, 0) is 25.8 Å². The maximum Gasteiger partial charge on any atom is 0.0206 e. The Bertz CT molecular complexity index is 244. The van der Waals surface area contributed by atoms with Gasteiger partial charge < -0.3 is 4.57 Å². The van der Waals surface area contributed by atoms with Gasteiger partial charge >= 0.3 is 0 Å². The van der Waals surface area contributed by atoms with Crippen LogP contribution in [0.1, 0.15) is 44.5 Å². The van der Waals surface area contributed by atoms with Gasteiger partial charge in [0.1, 0.15) is 0 Å². The monoisotopic (exact) mass is 179 g/mol. The van der Waals surface area contributed by atoms with Crippen LogP contribution in [0.3, 0.4) is 0 Å². The Morgan fingerprint density at radius 2 is 1.69 bits per heavy atom. The summed E-state index contributed by atoms with van der Waals surface area (Å²) in [5.74, 6) is 0. The molecule has 0 amide bonds. The summed E-state index contributed by atoms with van der Waals surface area (Å²) in [5.41, 5.74) is 4.68. The van der Waals surface area contributed by atoms with Crippen LogP contribution in [-0.4, -0.2) is 4.57 Å². The first-order chi connectivity index (χ1) is 6.28. The minimum atomic E-state index is 1.11. The number of rotatable bonds is 4. The van der Waals surface area contributed by atoms with Crippen LogP contribution in [0, 0.1) is 0 Å². The molecule has 0 unspecified atom stereocenters. The van der Waals surface area contributed by atoms with Gasteiger partial charge in [-0.05, 0) is 37.3 Å². The summed E-state index contributed by atoms with van der Waals surface area (Å²) in [6.07, 6.45) is 5.84. The second kappa shape index (κ2) is 4.50. The molecule has 0 aliphatic carbocycles. The van der Waals surface area contributed by atoms with Gasteiger partial charge in [0.15, 0.2) is 0 Å². The summed E-state index contributed by atoms with van der Waals surface area (Å²) in [5, 5.41) is 0. The molecule has 0 bridgehead atoms. The number of hydrogen-bond acceptors (Lipinski definition) is 0. The van der Waals surface area contributed by atoms with E-state index < -0.39 is 0 Å². The van der Waals surface area contributed by atoms with Crippen LogP contribution in [0.2, 0.25) is 0 Å². The van der Waals surface area contributed by atoms with Crippen molar-refractivity contribution in [1.29, 1.82) is 0 Å². The smallest absolute Gasteiger partial charge is 0.0206 e. The maximum absolute atomic E-state index is 2.40. The molecule has 1 aromatic heterocycles. The lowest BCUT2D eigenvalue weighted by atomic mass is 10.1. The highest BCUT2D eigenvalue weighted by Gasteiger charge is 2.09.